The lowest BCUT2D eigenvalue weighted by molar-refractivity contribution is -0.192. The molecule has 2 aromatic heterocycles. The Morgan fingerprint density at radius 1 is 1.31 bits per heavy atom. The van der Waals surface area contributed by atoms with Gasteiger partial charge in [-0.15, -0.1) is 11.3 Å². The predicted octanol–water partition coefficient (Wildman–Crippen LogP) is 3.50. The molecule has 1 aliphatic heterocycles. The maximum absolute atomic E-state index is 11.2. The highest BCUT2D eigenvalue weighted by molar-refractivity contribution is 7.11. The van der Waals surface area contributed by atoms with Gasteiger partial charge in [0.2, 0.25) is 0 Å². The Kier molecular flexibility index (Phi) is 7.42. The quantitative estimate of drug-likeness (QED) is 0.766. The van der Waals surface area contributed by atoms with Crippen molar-refractivity contribution in [2.24, 2.45) is 7.05 Å². The number of hydrogen-bond acceptors (Lipinski definition) is 5. The molecule has 0 aromatic carbocycles. The van der Waals surface area contributed by atoms with Gasteiger partial charge in [0.25, 0.3) is 0 Å². The molecule has 11 heteroatoms. The third kappa shape index (κ3) is 6.57. The molecule has 1 atom stereocenters. The van der Waals surface area contributed by atoms with Crippen molar-refractivity contribution in [3.05, 3.63) is 39.3 Å². The van der Waals surface area contributed by atoms with Crippen LogP contribution in [0.4, 0.5) is 13.2 Å². The summed E-state index contributed by atoms with van der Waals surface area (Å²) in [5, 5.41) is 20.7. The lowest BCUT2D eigenvalue weighted by atomic mass is 9.94. The highest BCUT2D eigenvalue weighted by Crippen LogP contribution is 2.28. The number of likely N-dealkylation sites (tertiary alicyclic amines) is 1. The summed E-state index contributed by atoms with van der Waals surface area (Å²) in [6, 6.07) is 6.10. The zero-order valence-corrected chi connectivity index (χ0v) is 16.8. The molecule has 3 rings (SSSR count). The van der Waals surface area contributed by atoms with E-state index in [0.29, 0.717) is 5.92 Å². The van der Waals surface area contributed by atoms with E-state index in [9.17, 15) is 18.0 Å². The van der Waals surface area contributed by atoms with E-state index in [1.54, 1.807) is 13.1 Å². The monoisotopic (exact) mass is 433 g/mol. The minimum atomic E-state index is -5.08. The minimum absolute atomic E-state index is 0.265. The molecule has 0 amide bonds. The van der Waals surface area contributed by atoms with Crippen molar-refractivity contribution >= 4 is 23.3 Å². The van der Waals surface area contributed by atoms with Gasteiger partial charge in [0, 0.05) is 35.8 Å². The average molecular weight is 433 g/mol. The normalized spacial score (nSPS) is 17.5. The van der Waals surface area contributed by atoms with Crippen LogP contribution >= 0.6 is 11.3 Å². The van der Waals surface area contributed by atoms with Crippen LogP contribution < -0.4 is 0 Å². The summed E-state index contributed by atoms with van der Waals surface area (Å²) < 4.78 is 33.2. The Hall–Kier alpha value is -2.40. The van der Waals surface area contributed by atoms with E-state index < -0.39 is 18.1 Å². The summed E-state index contributed by atoms with van der Waals surface area (Å²) in [6.45, 7) is 5.17. The van der Waals surface area contributed by atoms with E-state index >= 15 is 0 Å². The Balaban J connectivity index is 0.000000370. The van der Waals surface area contributed by atoms with E-state index in [2.05, 4.69) is 29.1 Å². The second kappa shape index (κ2) is 9.40. The minimum Gasteiger partial charge on any atom is -0.477 e. The summed E-state index contributed by atoms with van der Waals surface area (Å²) >= 11 is 1.85. The fourth-order valence-electron chi connectivity index (χ4n) is 3.12. The fourth-order valence-corrected chi connectivity index (χ4v) is 4.05. The van der Waals surface area contributed by atoms with E-state index in [0.717, 1.165) is 38.2 Å². The number of carboxylic acids is 2. The molecule has 2 N–H and O–H groups in total. The summed E-state index contributed by atoms with van der Waals surface area (Å²) in [7, 11) is 1.70. The molecule has 1 unspecified atom stereocenters. The Morgan fingerprint density at radius 2 is 1.97 bits per heavy atom. The zero-order valence-electron chi connectivity index (χ0n) is 15.9. The van der Waals surface area contributed by atoms with E-state index in [1.165, 1.54) is 14.4 Å². The molecule has 1 fully saturated rings. The number of aliphatic carboxylic acids is 1. The molecule has 0 bridgehead atoms. The topological polar surface area (TPSA) is 95.7 Å². The van der Waals surface area contributed by atoms with Crippen LogP contribution in [0.25, 0.3) is 0 Å². The van der Waals surface area contributed by atoms with Crippen molar-refractivity contribution in [1.82, 2.24) is 14.7 Å². The summed E-state index contributed by atoms with van der Waals surface area (Å²) in [4.78, 5) is 25.2. The van der Waals surface area contributed by atoms with E-state index in [-0.39, 0.29) is 5.69 Å². The van der Waals surface area contributed by atoms with Crippen LogP contribution in [-0.4, -0.2) is 56.1 Å². The lowest BCUT2D eigenvalue weighted by Crippen LogP contribution is -2.33. The van der Waals surface area contributed by atoms with Crippen molar-refractivity contribution in [2.75, 3.05) is 13.1 Å². The molecule has 3 heterocycles. The first-order valence-corrected chi connectivity index (χ1v) is 9.64. The first-order chi connectivity index (χ1) is 13.5. The van der Waals surface area contributed by atoms with Crippen LogP contribution in [0, 0.1) is 6.92 Å². The highest BCUT2D eigenvalue weighted by atomic mass is 32.1. The van der Waals surface area contributed by atoms with E-state index in [1.807, 2.05) is 11.3 Å². The van der Waals surface area contributed by atoms with Crippen LogP contribution in [0.2, 0.25) is 0 Å². The second-order valence-corrected chi connectivity index (χ2v) is 8.15. The maximum Gasteiger partial charge on any atom is 0.490 e. The van der Waals surface area contributed by atoms with Gasteiger partial charge in [-0.3, -0.25) is 9.58 Å². The molecule has 0 spiro atoms. The van der Waals surface area contributed by atoms with Gasteiger partial charge in [0.15, 0.2) is 0 Å². The molecule has 1 saturated heterocycles. The first-order valence-electron chi connectivity index (χ1n) is 8.82. The number of alkyl halides is 3. The average Bonchev–Trinajstić information content (AvgIpc) is 3.20. The van der Waals surface area contributed by atoms with Crippen LogP contribution in [0.15, 0.2) is 18.2 Å². The van der Waals surface area contributed by atoms with Crippen LogP contribution in [-0.2, 0) is 18.4 Å². The Morgan fingerprint density at radius 3 is 2.45 bits per heavy atom. The molecule has 7 nitrogen and oxygen atoms in total. The first kappa shape index (κ1) is 22.9. The van der Waals surface area contributed by atoms with Gasteiger partial charge in [-0.25, -0.2) is 9.59 Å². The molecule has 0 radical (unpaired) electrons. The largest absolute Gasteiger partial charge is 0.490 e. The number of carboxylic acid groups (broad SMARTS) is 2. The van der Waals surface area contributed by atoms with Gasteiger partial charge in [0.1, 0.15) is 5.69 Å². The zero-order chi connectivity index (χ0) is 21.8. The van der Waals surface area contributed by atoms with Crippen molar-refractivity contribution in [1.29, 1.82) is 0 Å². The third-order valence-corrected chi connectivity index (χ3v) is 5.45. The standard InChI is InChI=1S/C16H21N3O2S.C2HF3O2/c1-11-5-6-13(22-11)10-19-7-3-4-12(9-19)14-8-15(16(20)21)18(2)17-14;3-2(4,5)1(6)7/h5-6,8,12H,3-4,7,9-10H2,1-2H3,(H,20,21);(H,6,7). The van der Waals surface area contributed by atoms with Gasteiger partial charge in [-0.1, -0.05) is 0 Å². The smallest absolute Gasteiger partial charge is 0.477 e. The van der Waals surface area contributed by atoms with Crippen molar-refractivity contribution in [3.8, 4) is 0 Å². The number of nitrogens with zero attached hydrogens (tertiary/aromatic N) is 3. The van der Waals surface area contributed by atoms with Crippen LogP contribution in [0.3, 0.4) is 0 Å². The van der Waals surface area contributed by atoms with Gasteiger partial charge < -0.3 is 10.2 Å². The number of halogens is 3. The Labute approximate surface area is 169 Å². The van der Waals surface area contributed by atoms with Gasteiger partial charge >= 0.3 is 18.1 Å². The fraction of sp³-hybridized carbons (Fsp3) is 0.500. The summed E-state index contributed by atoms with van der Waals surface area (Å²) in [5.74, 6) is -3.34. The van der Waals surface area contributed by atoms with Gasteiger partial charge in [-0.05, 0) is 44.5 Å². The van der Waals surface area contributed by atoms with Gasteiger partial charge in [-0.2, -0.15) is 18.3 Å². The molecule has 1 aliphatic rings. The van der Waals surface area contributed by atoms with Crippen molar-refractivity contribution in [3.63, 3.8) is 0 Å². The number of rotatable bonds is 4. The number of carbonyl (C=O) groups is 2. The second-order valence-electron chi connectivity index (χ2n) is 6.77. The molecule has 2 aromatic rings. The van der Waals surface area contributed by atoms with E-state index in [4.69, 9.17) is 15.0 Å². The van der Waals surface area contributed by atoms with Crippen LogP contribution in [0.5, 0.6) is 0 Å². The number of aryl methyl sites for hydroxylation is 2. The number of hydrogen-bond donors (Lipinski definition) is 2. The number of piperidine rings is 1. The molecule has 0 aliphatic carbocycles. The number of thiophene rings is 1. The maximum atomic E-state index is 11.2. The molecule has 0 saturated carbocycles. The van der Waals surface area contributed by atoms with Gasteiger partial charge in [0.05, 0.1) is 5.69 Å². The number of aromatic carboxylic acids is 1. The predicted molar refractivity (Wildman–Crippen MR) is 100 cm³/mol. The number of aromatic nitrogens is 2. The lowest BCUT2D eigenvalue weighted by Gasteiger charge is -2.31. The summed E-state index contributed by atoms with van der Waals surface area (Å²) in [6.07, 6.45) is -2.87. The Bertz CT molecular complexity index is 863. The van der Waals surface area contributed by atoms with Crippen molar-refractivity contribution < 1.29 is 33.0 Å². The SMILES string of the molecule is Cc1ccc(CN2CCCC(c3cc(C(=O)O)n(C)n3)C2)s1.O=C(O)C(F)(F)F. The molecule has 29 heavy (non-hydrogen) atoms. The molecule has 160 valence electrons. The molecular formula is C18H22F3N3O4S. The van der Waals surface area contributed by atoms with Crippen LogP contribution in [0.1, 0.15) is 44.7 Å². The molecular weight excluding hydrogens is 411 g/mol. The summed E-state index contributed by atoms with van der Waals surface area (Å²) in [5.41, 5.74) is 1.17. The van der Waals surface area contributed by atoms with Crippen molar-refractivity contribution in [2.45, 2.75) is 38.4 Å². The third-order valence-electron chi connectivity index (χ3n) is 4.46. The highest BCUT2D eigenvalue weighted by Gasteiger charge is 2.38.